The van der Waals surface area contributed by atoms with Gasteiger partial charge in [-0.3, -0.25) is 9.59 Å². The molecule has 0 aliphatic carbocycles. The van der Waals surface area contributed by atoms with Crippen LogP contribution in [0.25, 0.3) is 0 Å². The smallest absolute Gasteiger partial charge is 0.257 e. The zero-order chi connectivity index (χ0) is 16.6. The van der Waals surface area contributed by atoms with E-state index >= 15 is 0 Å². The predicted octanol–water partition coefficient (Wildman–Crippen LogP) is 0.729. The maximum Gasteiger partial charge on any atom is 0.257 e. The number of nitrogens with one attached hydrogen (secondary N) is 1. The molecule has 2 aliphatic rings. The van der Waals surface area contributed by atoms with Gasteiger partial charge in [0.15, 0.2) is 0 Å². The van der Waals surface area contributed by atoms with Gasteiger partial charge in [0.25, 0.3) is 11.8 Å². The number of carbonyl (C=O) groups excluding carboxylic acids is 2. The second-order valence-corrected chi connectivity index (χ2v) is 7.19. The van der Waals surface area contributed by atoms with Gasteiger partial charge >= 0.3 is 0 Å². The van der Waals surface area contributed by atoms with Crippen molar-refractivity contribution in [2.24, 2.45) is 5.41 Å². The molecule has 2 fully saturated rings. The van der Waals surface area contributed by atoms with Gasteiger partial charge in [-0.2, -0.15) is 5.10 Å². The van der Waals surface area contributed by atoms with Crippen molar-refractivity contribution >= 4 is 11.8 Å². The number of aromatic nitrogens is 2. The lowest BCUT2D eigenvalue weighted by atomic mass is 9.95. The SMILES string of the molecule is CC(C)(C)C(=O)n1cc(C(=O)N2CCOCC2)c(C2CNC2)n1. The summed E-state index contributed by atoms with van der Waals surface area (Å²) in [6, 6.07) is 0. The van der Waals surface area contributed by atoms with E-state index in [0.29, 0.717) is 31.9 Å². The van der Waals surface area contributed by atoms with E-state index < -0.39 is 5.41 Å². The summed E-state index contributed by atoms with van der Waals surface area (Å²) in [5, 5.41) is 7.66. The van der Waals surface area contributed by atoms with Gasteiger partial charge in [0, 0.05) is 43.7 Å². The molecule has 3 heterocycles. The van der Waals surface area contributed by atoms with Crippen LogP contribution in [0, 0.1) is 5.41 Å². The highest BCUT2D eigenvalue weighted by Gasteiger charge is 2.33. The first-order valence-electron chi connectivity index (χ1n) is 8.10. The first-order valence-corrected chi connectivity index (χ1v) is 8.10. The lowest BCUT2D eigenvalue weighted by Gasteiger charge is -2.29. The van der Waals surface area contributed by atoms with E-state index in [-0.39, 0.29) is 17.7 Å². The first-order chi connectivity index (χ1) is 10.9. The number of hydrogen-bond donors (Lipinski definition) is 1. The van der Waals surface area contributed by atoms with Gasteiger partial charge in [-0.15, -0.1) is 0 Å². The van der Waals surface area contributed by atoms with Gasteiger partial charge in [0.05, 0.1) is 24.5 Å². The van der Waals surface area contributed by atoms with Crippen LogP contribution >= 0.6 is 0 Å². The van der Waals surface area contributed by atoms with Gasteiger partial charge in [-0.25, -0.2) is 4.68 Å². The molecule has 7 nitrogen and oxygen atoms in total. The molecule has 3 rings (SSSR count). The van der Waals surface area contributed by atoms with Gasteiger partial charge < -0.3 is 15.0 Å². The maximum absolute atomic E-state index is 12.8. The molecular formula is C16H24N4O3. The molecule has 0 bridgehead atoms. The number of rotatable bonds is 2. The number of amides is 1. The van der Waals surface area contributed by atoms with Crippen LogP contribution < -0.4 is 5.32 Å². The molecule has 2 aliphatic heterocycles. The van der Waals surface area contributed by atoms with Crippen molar-refractivity contribution in [2.45, 2.75) is 26.7 Å². The Balaban J connectivity index is 1.92. The summed E-state index contributed by atoms with van der Waals surface area (Å²) < 4.78 is 6.65. The monoisotopic (exact) mass is 320 g/mol. The second-order valence-electron chi connectivity index (χ2n) is 7.19. The highest BCUT2D eigenvalue weighted by Crippen LogP contribution is 2.25. The average Bonchev–Trinajstić information content (AvgIpc) is 2.88. The molecule has 2 saturated heterocycles. The number of ether oxygens (including phenoxy) is 1. The summed E-state index contributed by atoms with van der Waals surface area (Å²) in [5.41, 5.74) is 0.745. The van der Waals surface area contributed by atoms with E-state index in [0.717, 1.165) is 18.8 Å². The van der Waals surface area contributed by atoms with Crippen LogP contribution in [-0.2, 0) is 4.74 Å². The Morgan fingerprint density at radius 2 is 1.91 bits per heavy atom. The molecule has 0 spiro atoms. The van der Waals surface area contributed by atoms with E-state index in [9.17, 15) is 9.59 Å². The topological polar surface area (TPSA) is 76.5 Å². The minimum atomic E-state index is -0.541. The first kappa shape index (κ1) is 16.1. The molecule has 1 N–H and O–H groups in total. The van der Waals surface area contributed by atoms with Crippen molar-refractivity contribution in [2.75, 3.05) is 39.4 Å². The fourth-order valence-corrected chi connectivity index (χ4v) is 2.72. The number of morpholine rings is 1. The molecule has 1 aromatic rings. The standard InChI is InChI=1S/C16H24N4O3/c1-16(2,3)15(22)20-10-12(13(18-20)11-8-17-9-11)14(21)19-4-6-23-7-5-19/h10-11,17H,4-9H2,1-3H3. The fraction of sp³-hybridized carbons (Fsp3) is 0.688. The van der Waals surface area contributed by atoms with Crippen LogP contribution in [0.3, 0.4) is 0 Å². The van der Waals surface area contributed by atoms with Crippen molar-refractivity contribution < 1.29 is 14.3 Å². The number of carbonyl (C=O) groups is 2. The Kier molecular flexibility index (Phi) is 4.25. The van der Waals surface area contributed by atoms with Crippen molar-refractivity contribution in [3.05, 3.63) is 17.5 Å². The quantitative estimate of drug-likeness (QED) is 0.869. The molecule has 126 valence electrons. The Morgan fingerprint density at radius 3 is 2.43 bits per heavy atom. The zero-order valence-corrected chi connectivity index (χ0v) is 14.0. The molecule has 23 heavy (non-hydrogen) atoms. The van der Waals surface area contributed by atoms with Gasteiger partial charge in [0.1, 0.15) is 0 Å². The molecule has 0 atom stereocenters. The molecule has 0 radical (unpaired) electrons. The minimum Gasteiger partial charge on any atom is -0.378 e. The van der Waals surface area contributed by atoms with Crippen molar-refractivity contribution in [1.82, 2.24) is 20.0 Å². The molecule has 1 aromatic heterocycles. The molecule has 0 saturated carbocycles. The fourth-order valence-electron chi connectivity index (χ4n) is 2.72. The van der Waals surface area contributed by atoms with Crippen molar-refractivity contribution in [3.63, 3.8) is 0 Å². The van der Waals surface area contributed by atoms with E-state index in [2.05, 4.69) is 10.4 Å². The Morgan fingerprint density at radius 1 is 1.26 bits per heavy atom. The summed E-state index contributed by atoms with van der Waals surface area (Å²) in [6.45, 7) is 9.43. The van der Waals surface area contributed by atoms with Crippen LogP contribution in [0.4, 0.5) is 0 Å². The van der Waals surface area contributed by atoms with E-state index in [1.54, 1.807) is 11.1 Å². The number of hydrogen-bond acceptors (Lipinski definition) is 5. The maximum atomic E-state index is 12.8. The lowest BCUT2D eigenvalue weighted by molar-refractivity contribution is 0.0301. The zero-order valence-electron chi connectivity index (χ0n) is 14.0. The van der Waals surface area contributed by atoms with Crippen molar-refractivity contribution in [3.8, 4) is 0 Å². The summed E-state index contributed by atoms with van der Waals surface area (Å²) in [7, 11) is 0. The van der Waals surface area contributed by atoms with E-state index in [1.807, 2.05) is 20.8 Å². The third-order valence-corrected chi connectivity index (χ3v) is 4.29. The molecule has 1 amide bonds. The molecule has 0 aromatic carbocycles. The summed E-state index contributed by atoms with van der Waals surface area (Å²) in [5.74, 6) is 0.0410. The highest BCUT2D eigenvalue weighted by atomic mass is 16.5. The Bertz CT molecular complexity index is 607. The van der Waals surface area contributed by atoms with Crippen LogP contribution in [-0.4, -0.2) is 65.9 Å². The highest BCUT2D eigenvalue weighted by molar-refractivity contribution is 5.96. The van der Waals surface area contributed by atoms with Gasteiger partial charge in [0.2, 0.25) is 0 Å². The average molecular weight is 320 g/mol. The van der Waals surface area contributed by atoms with Gasteiger partial charge in [-0.05, 0) is 0 Å². The van der Waals surface area contributed by atoms with E-state index in [1.165, 1.54) is 4.68 Å². The van der Waals surface area contributed by atoms with Crippen LogP contribution in [0.1, 0.15) is 47.5 Å². The lowest BCUT2D eigenvalue weighted by Crippen LogP contribution is -2.43. The predicted molar refractivity (Wildman–Crippen MR) is 84.6 cm³/mol. The summed E-state index contributed by atoms with van der Waals surface area (Å²) in [4.78, 5) is 27.1. The molecule has 0 unspecified atom stereocenters. The van der Waals surface area contributed by atoms with Crippen molar-refractivity contribution in [1.29, 1.82) is 0 Å². The second kappa shape index (κ2) is 6.05. The van der Waals surface area contributed by atoms with E-state index in [4.69, 9.17) is 4.74 Å². The van der Waals surface area contributed by atoms with Gasteiger partial charge in [-0.1, -0.05) is 20.8 Å². The normalized spacial score (nSPS) is 19.5. The molecular weight excluding hydrogens is 296 g/mol. The minimum absolute atomic E-state index is 0.0526. The largest absolute Gasteiger partial charge is 0.378 e. The third kappa shape index (κ3) is 3.16. The summed E-state index contributed by atoms with van der Waals surface area (Å²) >= 11 is 0. The van der Waals surface area contributed by atoms with Crippen LogP contribution in [0.2, 0.25) is 0 Å². The Labute approximate surface area is 136 Å². The molecule has 7 heteroatoms. The van der Waals surface area contributed by atoms with Crippen LogP contribution in [0.5, 0.6) is 0 Å². The summed E-state index contributed by atoms with van der Waals surface area (Å²) in [6.07, 6.45) is 1.61. The third-order valence-electron chi connectivity index (χ3n) is 4.29. The van der Waals surface area contributed by atoms with Crippen LogP contribution in [0.15, 0.2) is 6.20 Å². The number of nitrogens with zero attached hydrogens (tertiary/aromatic N) is 3. The Hall–Kier alpha value is -1.73.